The average Bonchev–Trinajstić information content (AvgIpc) is 3.08. The van der Waals surface area contributed by atoms with Gasteiger partial charge in [0.1, 0.15) is 11.6 Å². The van der Waals surface area contributed by atoms with Gasteiger partial charge in [-0.3, -0.25) is 4.39 Å². The number of ether oxygens (including phenoxy) is 1. The lowest BCUT2D eigenvalue weighted by atomic mass is 9.73. The van der Waals surface area contributed by atoms with E-state index in [1.54, 1.807) is 13.8 Å². The van der Waals surface area contributed by atoms with E-state index in [4.69, 9.17) is 4.74 Å². The van der Waals surface area contributed by atoms with Crippen molar-refractivity contribution in [3.05, 3.63) is 65.6 Å². The number of alkyl halides is 1. The monoisotopic (exact) mass is 373 g/mol. The maximum absolute atomic E-state index is 13.9. The van der Waals surface area contributed by atoms with E-state index in [9.17, 15) is 13.9 Å². The summed E-state index contributed by atoms with van der Waals surface area (Å²) in [7, 11) is 1.50. The Morgan fingerprint density at radius 2 is 1.89 bits per heavy atom. The molecule has 3 rings (SSSR count). The molecule has 0 amide bonds. The number of halogens is 2. The van der Waals surface area contributed by atoms with E-state index in [1.807, 2.05) is 30.3 Å². The van der Waals surface area contributed by atoms with Crippen LogP contribution in [-0.4, -0.2) is 30.0 Å². The van der Waals surface area contributed by atoms with E-state index in [-0.39, 0.29) is 0 Å². The van der Waals surface area contributed by atoms with Gasteiger partial charge >= 0.3 is 0 Å². The fourth-order valence-corrected chi connectivity index (χ4v) is 3.71. The average molecular weight is 373 g/mol. The number of aliphatic hydroxyl groups excluding tert-OH is 1. The molecule has 0 radical (unpaired) electrons. The summed E-state index contributed by atoms with van der Waals surface area (Å²) >= 11 is 0. The van der Waals surface area contributed by atoms with Crippen LogP contribution in [-0.2, 0) is 11.8 Å². The molecule has 0 saturated carbocycles. The number of aromatic nitrogens is 1. The molecule has 1 aromatic heterocycles. The maximum Gasteiger partial charge on any atom is 0.123 e. The highest BCUT2D eigenvalue weighted by Crippen LogP contribution is 2.38. The number of fused-ring (bicyclic) bond motifs is 1. The van der Waals surface area contributed by atoms with Crippen LogP contribution in [0.5, 0.6) is 5.75 Å². The van der Waals surface area contributed by atoms with Crippen molar-refractivity contribution < 1.29 is 18.6 Å². The summed E-state index contributed by atoms with van der Waals surface area (Å²) in [5.41, 5.74) is 1.47. The molecule has 0 spiro atoms. The molecule has 0 aliphatic heterocycles. The molecule has 0 fully saturated rings. The largest absolute Gasteiger partial charge is 0.496 e. The first-order chi connectivity index (χ1) is 12.9. The van der Waals surface area contributed by atoms with E-state index in [1.165, 1.54) is 25.3 Å². The van der Waals surface area contributed by atoms with Crippen molar-refractivity contribution in [1.29, 1.82) is 0 Å². The van der Waals surface area contributed by atoms with Crippen LogP contribution < -0.4 is 4.74 Å². The minimum atomic E-state index is -1.02. The first kappa shape index (κ1) is 19.4. The zero-order valence-electron chi connectivity index (χ0n) is 15.8. The van der Waals surface area contributed by atoms with Crippen LogP contribution in [0.4, 0.5) is 8.78 Å². The molecular weight excluding hydrogens is 348 g/mol. The second-order valence-corrected chi connectivity index (χ2v) is 7.51. The van der Waals surface area contributed by atoms with Crippen molar-refractivity contribution in [2.45, 2.75) is 31.8 Å². The van der Waals surface area contributed by atoms with Crippen molar-refractivity contribution in [3.63, 3.8) is 0 Å². The van der Waals surface area contributed by atoms with Crippen LogP contribution in [0.25, 0.3) is 10.9 Å². The molecule has 27 heavy (non-hydrogen) atoms. The van der Waals surface area contributed by atoms with Crippen LogP contribution in [0.1, 0.15) is 25.1 Å². The lowest BCUT2D eigenvalue weighted by molar-refractivity contribution is 0.0308. The number of nitrogens with one attached hydrogen (secondary N) is 1. The van der Waals surface area contributed by atoms with Crippen molar-refractivity contribution in [2.24, 2.45) is 5.92 Å². The smallest absolute Gasteiger partial charge is 0.123 e. The van der Waals surface area contributed by atoms with Gasteiger partial charge in [0, 0.05) is 28.1 Å². The number of benzene rings is 2. The summed E-state index contributed by atoms with van der Waals surface area (Å²) in [5.74, 6) is -0.580. The SMILES string of the molecule is COc1ccc(F)cc1C(C)(C)C(O)C(CF)Cc1cc2ccccc2[nH]1. The molecule has 2 N–H and O–H groups in total. The third-order valence-electron chi connectivity index (χ3n) is 5.31. The fourth-order valence-electron chi connectivity index (χ4n) is 3.71. The Morgan fingerprint density at radius 1 is 1.15 bits per heavy atom. The molecule has 3 nitrogen and oxygen atoms in total. The van der Waals surface area contributed by atoms with Gasteiger partial charge in [0.25, 0.3) is 0 Å². The lowest BCUT2D eigenvalue weighted by Crippen LogP contribution is -2.41. The summed E-state index contributed by atoms with van der Waals surface area (Å²) in [4.78, 5) is 3.28. The second-order valence-electron chi connectivity index (χ2n) is 7.51. The van der Waals surface area contributed by atoms with E-state index in [0.717, 1.165) is 16.6 Å². The Balaban J connectivity index is 1.88. The van der Waals surface area contributed by atoms with Crippen LogP contribution in [0.2, 0.25) is 0 Å². The van der Waals surface area contributed by atoms with Gasteiger partial charge in [-0.25, -0.2) is 4.39 Å². The van der Waals surface area contributed by atoms with Crippen molar-refractivity contribution in [2.75, 3.05) is 13.8 Å². The van der Waals surface area contributed by atoms with E-state index in [2.05, 4.69) is 4.98 Å². The molecule has 3 aromatic rings. The third kappa shape index (κ3) is 3.83. The minimum absolute atomic E-state index is 0.355. The topological polar surface area (TPSA) is 45.2 Å². The highest BCUT2D eigenvalue weighted by molar-refractivity contribution is 5.80. The number of H-pyrrole nitrogens is 1. The van der Waals surface area contributed by atoms with Gasteiger partial charge in [-0.1, -0.05) is 32.0 Å². The summed E-state index contributed by atoms with van der Waals surface area (Å²) in [6.07, 6.45) is -0.669. The number of rotatable bonds is 7. The molecule has 2 unspecified atom stereocenters. The highest BCUT2D eigenvalue weighted by Gasteiger charge is 2.38. The fraction of sp³-hybridized carbons (Fsp3) is 0.364. The number of methoxy groups -OCH3 is 1. The van der Waals surface area contributed by atoms with Crippen molar-refractivity contribution in [1.82, 2.24) is 4.98 Å². The predicted molar refractivity (Wildman–Crippen MR) is 103 cm³/mol. The van der Waals surface area contributed by atoms with Crippen LogP contribution in [0, 0.1) is 11.7 Å². The number of hydrogen-bond donors (Lipinski definition) is 2. The van der Waals surface area contributed by atoms with Gasteiger partial charge in [0.15, 0.2) is 0 Å². The molecular formula is C22H25F2NO2. The molecule has 2 atom stereocenters. The minimum Gasteiger partial charge on any atom is -0.496 e. The molecule has 0 aliphatic rings. The molecule has 2 aromatic carbocycles. The molecule has 0 saturated heterocycles. The molecule has 0 aliphatic carbocycles. The Morgan fingerprint density at radius 3 is 2.56 bits per heavy atom. The first-order valence-electron chi connectivity index (χ1n) is 9.01. The quantitative estimate of drug-likeness (QED) is 0.626. The molecule has 0 bridgehead atoms. The summed E-state index contributed by atoms with van der Waals surface area (Å²) < 4.78 is 33.0. The Labute approximate surface area is 158 Å². The summed E-state index contributed by atoms with van der Waals surface area (Å²) in [5, 5.41) is 12.1. The van der Waals surface area contributed by atoms with E-state index >= 15 is 0 Å². The van der Waals surface area contributed by atoms with Crippen molar-refractivity contribution >= 4 is 10.9 Å². The van der Waals surface area contributed by atoms with Crippen LogP contribution >= 0.6 is 0 Å². The molecule has 144 valence electrons. The van der Waals surface area contributed by atoms with E-state index in [0.29, 0.717) is 17.7 Å². The van der Waals surface area contributed by atoms with Crippen molar-refractivity contribution in [3.8, 4) is 5.75 Å². The Kier molecular flexibility index (Phi) is 5.51. The van der Waals surface area contributed by atoms with Gasteiger partial charge in [0.05, 0.1) is 19.9 Å². The number of hydrogen-bond acceptors (Lipinski definition) is 2. The Hall–Kier alpha value is -2.40. The molecule has 5 heteroatoms. The zero-order valence-corrected chi connectivity index (χ0v) is 15.8. The second kappa shape index (κ2) is 7.69. The first-order valence-corrected chi connectivity index (χ1v) is 9.01. The van der Waals surface area contributed by atoms with Gasteiger partial charge in [-0.05, 0) is 42.1 Å². The van der Waals surface area contributed by atoms with Crippen LogP contribution in [0.3, 0.4) is 0 Å². The summed E-state index contributed by atoms with van der Waals surface area (Å²) in [6, 6.07) is 14.0. The third-order valence-corrected chi connectivity index (χ3v) is 5.31. The number of para-hydroxylation sites is 1. The van der Waals surface area contributed by atoms with Gasteiger partial charge in [0.2, 0.25) is 0 Å². The Bertz CT molecular complexity index is 887. The number of aromatic amines is 1. The maximum atomic E-state index is 13.9. The van der Waals surface area contributed by atoms with Gasteiger partial charge in [-0.15, -0.1) is 0 Å². The van der Waals surface area contributed by atoms with Gasteiger partial charge < -0.3 is 14.8 Å². The zero-order chi connectivity index (χ0) is 19.6. The lowest BCUT2D eigenvalue weighted by Gasteiger charge is -2.36. The van der Waals surface area contributed by atoms with Gasteiger partial charge in [-0.2, -0.15) is 0 Å². The van der Waals surface area contributed by atoms with Crippen LogP contribution in [0.15, 0.2) is 48.5 Å². The molecule has 1 heterocycles. The van der Waals surface area contributed by atoms with E-state index < -0.39 is 29.9 Å². The summed E-state index contributed by atoms with van der Waals surface area (Å²) in [6.45, 7) is 2.88. The highest BCUT2D eigenvalue weighted by atomic mass is 19.1. The number of aliphatic hydroxyl groups is 1. The standard InChI is InChI=1S/C22H25F2NO2/c1-22(2,18-12-16(24)8-9-20(18)27-3)21(26)15(13-23)11-17-10-14-6-4-5-7-19(14)25-17/h4-10,12,15,21,25-26H,11,13H2,1-3H3. The normalized spacial score (nSPS) is 14.3. The predicted octanol–water partition coefficient (Wildman–Crippen LogP) is 4.78.